The summed E-state index contributed by atoms with van der Waals surface area (Å²) in [5, 5.41) is 25.7. The van der Waals surface area contributed by atoms with Crippen LogP contribution in [0.1, 0.15) is 41.4 Å². The van der Waals surface area contributed by atoms with Crippen LogP contribution in [0.4, 0.5) is 4.39 Å². The number of aromatic hydroxyl groups is 1. The molecule has 8 nitrogen and oxygen atoms in total. The van der Waals surface area contributed by atoms with Gasteiger partial charge in [0.25, 0.3) is 11.5 Å². The van der Waals surface area contributed by atoms with Crippen LogP contribution in [0.3, 0.4) is 0 Å². The molecule has 0 aliphatic carbocycles. The number of benzene rings is 2. The third kappa shape index (κ3) is 4.83. The monoisotopic (exact) mass is 439 g/mol. The van der Waals surface area contributed by atoms with E-state index in [2.05, 4.69) is 10.4 Å². The van der Waals surface area contributed by atoms with E-state index in [0.717, 1.165) is 15.8 Å². The third-order valence-electron chi connectivity index (χ3n) is 4.82. The van der Waals surface area contributed by atoms with Crippen LogP contribution in [-0.2, 0) is 11.3 Å². The van der Waals surface area contributed by atoms with Crippen molar-refractivity contribution in [3.63, 3.8) is 0 Å². The molecule has 0 saturated heterocycles. The molecule has 166 valence electrons. The molecule has 3 N–H and O–H groups in total. The lowest BCUT2D eigenvalue weighted by Crippen LogP contribution is -2.37. The quantitative estimate of drug-likeness (QED) is 0.521. The molecule has 0 aliphatic heterocycles. The number of nitrogens with one attached hydrogen (secondary N) is 1. The number of carboxylic acids is 1. The fourth-order valence-corrected chi connectivity index (χ4v) is 3.26. The maximum absolute atomic E-state index is 13.3. The molecule has 32 heavy (non-hydrogen) atoms. The van der Waals surface area contributed by atoms with Crippen molar-refractivity contribution in [1.29, 1.82) is 0 Å². The maximum atomic E-state index is 13.3. The molecule has 3 aromatic rings. The Bertz CT molecular complexity index is 1220. The Hall–Kier alpha value is -4.01. The van der Waals surface area contributed by atoms with Gasteiger partial charge in [0.1, 0.15) is 23.6 Å². The molecule has 0 unspecified atom stereocenters. The molecular formula is C23H22FN3O5. The van der Waals surface area contributed by atoms with Gasteiger partial charge in [-0.1, -0.05) is 50.2 Å². The SMILES string of the molecule is CC(C)c1nn(Cc2ccccc2-c2ccc(F)cc2)c(=O)c(C(=O)NCC(=O)O)c1O. The number of hydrogen-bond acceptors (Lipinski definition) is 5. The summed E-state index contributed by atoms with van der Waals surface area (Å²) < 4.78 is 14.4. The maximum Gasteiger partial charge on any atom is 0.322 e. The molecule has 0 atom stereocenters. The van der Waals surface area contributed by atoms with Gasteiger partial charge in [0, 0.05) is 5.92 Å². The van der Waals surface area contributed by atoms with E-state index in [1.54, 1.807) is 44.2 Å². The summed E-state index contributed by atoms with van der Waals surface area (Å²) >= 11 is 0. The molecule has 1 heterocycles. The Kier molecular flexibility index (Phi) is 6.67. The molecule has 0 aliphatic rings. The van der Waals surface area contributed by atoms with Crippen molar-refractivity contribution in [1.82, 2.24) is 15.1 Å². The van der Waals surface area contributed by atoms with E-state index in [1.807, 2.05) is 6.07 Å². The summed E-state index contributed by atoms with van der Waals surface area (Å²) in [6.45, 7) is 2.75. The van der Waals surface area contributed by atoms with Gasteiger partial charge in [-0.2, -0.15) is 5.10 Å². The van der Waals surface area contributed by atoms with E-state index in [1.165, 1.54) is 12.1 Å². The van der Waals surface area contributed by atoms with Gasteiger partial charge >= 0.3 is 5.97 Å². The highest BCUT2D eigenvalue weighted by atomic mass is 19.1. The van der Waals surface area contributed by atoms with Gasteiger partial charge in [-0.25, -0.2) is 9.07 Å². The number of amides is 1. The predicted molar refractivity (Wildman–Crippen MR) is 115 cm³/mol. The number of carbonyl (C=O) groups excluding carboxylic acids is 1. The molecule has 0 bridgehead atoms. The van der Waals surface area contributed by atoms with Crippen LogP contribution >= 0.6 is 0 Å². The number of nitrogens with zero attached hydrogens (tertiary/aromatic N) is 2. The fraction of sp³-hybridized carbons (Fsp3) is 0.217. The minimum Gasteiger partial charge on any atom is -0.505 e. The number of carbonyl (C=O) groups is 2. The number of hydrogen-bond donors (Lipinski definition) is 3. The van der Waals surface area contributed by atoms with Crippen molar-refractivity contribution in [2.24, 2.45) is 0 Å². The van der Waals surface area contributed by atoms with E-state index in [4.69, 9.17) is 5.11 Å². The van der Waals surface area contributed by atoms with Crippen molar-refractivity contribution in [2.45, 2.75) is 26.3 Å². The van der Waals surface area contributed by atoms with Gasteiger partial charge in [0.15, 0.2) is 5.75 Å². The minimum absolute atomic E-state index is 0.0222. The van der Waals surface area contributed by atoms with Gasteiger partial charge in [-0.05, 0) is 28.8 Å². The normalized spacial score (nSPS) is 10.9. The van der Waals surface area contributed by atoms with E-state index in [9.17, 15) is 23.9 Å². The number of halogens is 1. The van der Waals surface area contributed by atoms with Crippen molar-refractivity contribution < 1.29 is 24.2 Å². The van der Waals surface area contributed by atoms with Crippen LogP contribution in [0.15, 0.2) is 53.3 Å². The van der Waals surface area contributed by atoms with E-state index < -0.39 is 35.3 Å². The second kappa shape index (κ2) is 9.42. The topological polar surface area (TPSA) is 122 Å². The van der Waals surface area contributed by atoms with E-state index >= 15 is 0 Å². The highest BCUT2D eigenvalue weighted by Gasteiger charge is 2.25. The largest absolute Gasteiger partial charge is 0.505 e. The molecule has 9 heteroatoms. The number of carboxylic acid groups (broad SMARTS) is 1. The zero-order chi connectivity index (χ0) is 23.4. The second-order valence-corrected chi connectivity index (χ2v) is 7.47. The first-order valence-electron chi connectivity index (χ1n) is 9.86. The first-order valence-corrected chi connectivity index (χ1v) is 9.86. The zero-order valence-electron chi connectivity index (χ0n) is 17.5. The van der Waals surface area contributed by atoms with Gasteiger partial charge in [0.2, 0.25) is 0 Å². The summed E-state index contributed by atoms with van der Waals surface area (Å²) in [7, 11) is 0. The lowest BCUT2D eigenvalue weighted by molar-refractivity contribution is -0.135. The molecule has 0 fully saturated rings. The van der Waals surface area contributed by atoms with Crippen molar-refractivity contribution >= 4 is 11.9 Å². The van der Waals surface area contributed by atoms with Crippen LogP contribution in [0.25, 0.3) is 11.1 Å². The summed E-state index contributed by atoms with van der Waals surface area (Å²) in [4.78, 5) is 36.3. The predicted octanol–water partition coefficient (Wildman–Crippen LogP) is 2.74. The van der Waals surface area contributed by atoms with Gasteiger partial charge in [-0.3, -0.25) is 14.4 Å². The first-order chi connectivity index (χ1) is 15.2. The Balaban J connectivity index is 2.10. The smallest absolute Gasteiger partial charge is 0.322 e. The Labute approximate surface area is 183 Å². The molecule has 0 radical (unpaired) electrons. The number of aliphatic carboxylic acids is 1. The standard InChI is InChI=1S/C23H22FN3O5/c1-13(2)20-21(30)19(22(31)25-11-18(28)29)23(32)27(26-20)12-15-5-3-4-6-17(15)14-7-9-16(24)10-8-14/h3-10,13,30H,11-12H2,1-2H3,(H,25,31)(H,28,29). The lowest BCUT2D eigenvalue weighted by atomic mass is 9.99. The summed E-state index contributed by atoms with van der Waals surface area (Å²) in [6.07, 6.45) is 0. The molecule has 0 saturated carbocycles. The van der Waals surface area contributed by atoms with Crippen molar-refractivity contribution in [2.75, 3.05) is 6.54 Å². The molecule has 2 aromatic carbocycles. The van der Waals surface area contributed by atoms with Gasteiger partial charge < -0.3 is 15.5 Å². The fourth-order valence-electron chi connectivity index (χ4n) is 3.26. The van der Waals surface area contributed by atoms with Crippen LogP contribution in [0.5, 0.6) is 5.75 Å². The van der Waals surface area contributed by atoms with Crippen LogP contribution in [0, 0.1) is 5.82 Å². The molecule has 0 spiro atoms. The van der Waals surface area contributed by atoms with Crippen molar-refractivity contribution in [3.05, 3.63) is 81.5 Å². The second-order valence-electron chi connectivity index (χ2n) is 7.47. The number of rotatable bonds is 7. The molecule has 1 aromatic heterocycles. The Morgan fingerprint density at radius 1 is 1.12 bits per heavy atom. The molecule has 3 rings (SSSR count). The molecular weight excluding hydrogens is 417 g/mol. The van der Waals surface area contributed by atoms with Crippen LogP contribution in [-0.4, -0.2) is 38.4 Å². The average Bonchev–Trinajstić information content (AvgIpc) is 2.75. The van der Waals surface area contributed by atoms with Crippen LogP contribution in [0.2, 0.25) is 0 Å². The Morgan fingerprint density at radius 3 is 2.41 bits per heavy atom. The average molecular weight is 439 g/mol. The van der Waals surface area contributed by atoms with Gasteiger partial charge in [0.05, 0.1) is 6.54 Å². The van der Waals surface area contributed by atoms with Gasteiger partial charge in [-0.15, -0.1) is 0 Å². The molecule has 1 amide bonds. The summed E-state index contributed by atoms with van der Waals surface area (Å²) in [5.41, 5.74) is 0.873. The Morgan fingerprint density at radius 2 is 1.78 bits per heavy atom. The van der Waals surface area contributed by atoms with E-state index in [0.29, 0.717) is 5.56 Å². The zero-order valence-corrected chi connectivity index (χ0v) is 17.5. The van der Waals surface area contributed by atoms with E-state index in [-0.39, 0.29) is 24.0 Å². The van der Waals surface area contributed by atoms with Crippen LogP contribution < -0.4 is 10.9 Å². The summed E-state index contributed by atoms with van der Waals surface area (Å²) in [5.74, 6) is -3.55. The van der Waals surface area contributed by atoms with Crippen molar-refractivity contribution in [3.8, 4) is 16.9 Å². The summed E-state index contributed by atoms with van der Waals surface area (Å²) in [6, 6.07) is 13.1. The number of aromatic nitrogens is 2. The highest BCUT2D eigenvalue weighted by molar-refractivity contribution is 5.98. The first kappa shape index (κ1) is 22.7. The lowest BCUT2D eigenvalue weighted by Gasteiger charge is -2.16. The third-order valence-corrected chi connectivity index (χ3v) is 4.82. The highest BCUT2D eigenvalue weighted by Crippen LogP contribution is 2.27. The minimum atomic E-state index is -1.29.